The summed E-state index contributed by atoms with van der Waals surface area (Å²) in [5.74, 6) is 1.80. The molecule has 0 radical (unpaired) electrons. The second kappa shape index (κ2) is 8.25. The molecule has 4 heteroatoms. The monoisotopic (exact) mass is 292 g/mol. The Kier molecular flexibility index (Phi) is 6.33. The Morgan fingerprint density at radius 3 is 2.90 bits per heavy atom. The number of hydrogen-bond acceptors (Lipinski definition) is 4. The Labute approximate surface area is 128 Å². The number of ether oxygens (including phenoxy) is 2. The number of methoxy groups -OCH3 is 1. The topological polar surface area (TPSA) is 47.7 Å². The SMILES string of the molecule is COc1ccc(OCCC2CCCCN2C)c(CCN)c1. The van der Waals surface area contributed by atoms with Crippen molar-refractivity contribution in [1.29, 1.82) is 0 Å². The molecule has 1 fully saturated rings. The smallest absolute Gasteiger partial charge is 0.122 e. The highest BCUT2D eigenvalue weighted by Crippen LogP contribution is 2.25. The lowest BCUT2D eigenvalue weighted by Crippen LogP contribution is -2.37. The van der Waals surface area contributed by atoms with Gasteiger partial charge in [-0.2, -0.15) is 0 Å². The summed E-state index contributed by atoms with van der Waals surface area (Å²) in [6.45, 7) is 2.60. The quantitative estimate of drug-likeness (QED) is 0.838. The van der Waals surface area contributed by atoms with Crippen molar-refractivity contribution in [3.8, 4) is 11.5 Å². The predicted molar refractivity (Wildman–Crippen MR) is 86.1 cm³/mol. The Morgan fingerprint density at radius 2 is 2.19 bits per heavy atom. The highest BCUT2D eigenvalue weighted by molar-refractivity contribution is 5.40. The first-order valence-electron chi connectivity index (χ1n) is 7.94. The van der Waals surface area contributed by atoms with Crippen LogP contribution in [0.4, 0.5) is 0 Å². The molecular weight excluding hydrogens is 264 g/mol. The van der Waals surface area contributed by atoms with Crippen LogP contribution in [0.2, 0.25) is 0 Å². The summed E-state index contributed by atoms with van der Waals surface area (Å²) in [5.41, 5.74) is 6.81. The second-order valence-electron chi connectivity index (χ2n) is 5.78. The van der Waals surface area contributed by atoms with E-state index < -0.39 is 0 Å². The van der Waals surface area contributed by atoms with E-state index in [0.717, 1.165) is 36.5 Å². The molecule has 21 heavy (non-hydrogen) atoms. The van der Waals surface area contributed by atoms with Crippen LogP contribution in [0, 0.1) is 0 Å². The van der Waals surface area contributed by atoms with Crippen molar-refractivity contribution in [1.82, 2.24) is 4.90 Å². The average molecular weight is 292 g/mol. The van der Waals surface area contributed by atoms with Crippen molar-refractivity contribution in [3.05, 3.63) is 23.8 Å². The van der Waals surface area contributed by atoms with Crippen LogP contribution < -0.4 is 15.2 Å². The number of hydrogen-bond donors (Lipinski definition) is 1. The molecule has 2 N–H and O–H groups in total. The van der Waals surface area contributed by atoms with Gasteiger partial charge in [0.25, 0.3) is 0 Å². The molecule has 0 saturated carbocycles. The van der Waals surface area contributed by atoms with Gasteiger partial charge in [-0.05, 0) is 69.6 Å². The van der Waals surface area contributed by atoms with Crippen molar-refractivity contribution in [2.45, 2.75) is 38.1 Å². The van der Waals surface area contributed by atoms with Crippen LogP contribution >= 0.6 is 0 Å². The predicted octanol–water partition coefficient (Wildman–Crippen LogP) is 2.45. The van der Waals surface area contributed by atoms with Crippen molar-refractivity contribution >= 4 is 0 Å². The highest BCUT2D eigenvalue weighted by Gasteiger charge is 2.18. The maximum atomic E-state index is 6.00. The van der Waals surface area contributed by atoms with Crippen molar-refractivity contribution in [2.75, 3.05) is 33.9 Å². The van der Waals surface area contributed by atoms with E-state index in [1.165, 1.54) is 25.8 Å². The van der Waals surface area contributed by atoms with E-state index in [9.17, 15) is 0 Å². The van der Waals surface area contributed by atoms with Crippen LogP contribution in [-0.4, -0.2) is 44.8 Å². The van der Waals surface area contributed by atoms with Gasteiger partial charge in [-0.3, -0.25) is 0 Å². The van der Waals surface area contributed by atoms with Gasteiger partial charge in [-0.15, -0.1) is 0 Å². The van der Waals surface area contributed by atoms with Crippen LogP contribution in [0.1, 0.15) is 31.2 Å². The number of rotatable bonds is 7. The van der Waals surface area contributed by atoms with Gasteiger partial charge in [0, 0.05) is 6.04 Å². The molecule has 1 aliphatic rings. The Bertz CT molecular complexity index is 437. The summed E-state index contributed by atoms with van der Waals surface area (Å²) >= 11 is 0. The fraction of sp³-hybridized carbons (Fsp3) is 0.647. The van der Waals surface area contributed by atoms with Gasteiger partial charge < -0.3 is 20.1 Å². The second-order valence-corrected chi connectivity index (χ2v) is 5.78. The van der Waals surface area contributed by atoms with Crippen LogP contribution in [0.5, 0.6) is 11.5 Å². The summed E-state index contributed by atoms with van der Waals surface area (Å²) < 4.78 is 11.3. The third-order valence-electron chi connectivity index (χ3n) is 4.31. The van der Waals surface area contributed by atoms with E-state index in [4.69, 9.17) is 15.2 Å². The lowest BCUT2D eigenvalue weighted by atomic mass is 10.0. The molecule has 0 bridgehead atoms. The zero-order chi connectivity index (χ0) is 15.1. The molecule has 0 amide bonds. The first-order valence-corrected chi connectivity index (χ1v) is 7.94. The van der Waals surface area contributed by atoms with Gasteiger partial charge in [-0.1, -0.05) is 6.42 Å². The first kappa shape index (κ1) is 16.1. The summed E-state index contributed by atoms with van der Waals surface area (Å²) in [4.78, 5) is 2.46. The van der Waals surface area contributed by atoms with E-state index in [-0.39, 0.29) is 0 Å². The number of likely N-dealkylation sites (tertiary alicyclic amines) is 1. The standard InChI is InChI=1S/C17H28N2O2/c1-19-11-4-3-5-15(19)9-12-21-17-7-6-16(20-2)13-14(17)8-10-18/h6-7,13,15H,3-5,8-12,18H2,1-2H3. The minimum absolute atomic E-state index is 0.620. The van der Waals surface area contributed by atoms with Gasteiger partial charge >= 0.3 is 0 Å². The van der Waals surface area contributed by atoms with Crippen molar-refractivity contribution in [2.24, 2.45) is 5.73 Å². The Morgan fingerprint density at radius 1 is 1.33 bits per heavy atom. The van der Waals surface area contributed by atoms with E-state index in [1.54, 1.807) is 7.11 Å². The fourth-order valence-electron chi connectivity index (χ4n) is 2.99. The van der Waals surface area contributed by atoms with Gasteiger partial charge in [0.15, 0.2) is 0 Å². The van der Waals surface area contributed by atoms with Crippen molar-refractivity contribution < 1.29 is 9.47 Å². The molecule has 1 aliphatic heterocycles. The number of nitrogens with two attached hydrogens (primary N) is 1. The number of piperidine rings is 1. The zero-order valence-corrected chi connectivity index (χ0v) is 13.3. The molecule has 1 aromatic rings. The molecule has 1 saturated heterocycles. The molecule has 0 spiro atoms. The largest absolute Gasteiger partial charge is 0.497 e. The lowest BCUT2D eigenvalue weighted by Gasteiger charge is -2.32. The van der Waals surface area contributed by atoms with E-state index in [2.05, 4.69) is 11.9 Å². The molecule has 1 heterocycles. The van der Waals surface area contributed by atoms with Crippen LogP contribution in [0.3, 0.4) is 0 Å². The summed E-state index contributed by atoms with van der Waals surface area (Å²) in [5, 5.41) is 0. The molecular formula is C17H28N2O2. The van der Waals surface area contributed by atoms with Gasteiger partial charge in [0.1, 0.15) is 11.5 Å². The fourth-order valence-corrected chi connectivity index (χ4v) is 2.99. The average Bonchev–Trinajstić information content (AvgIpc) is 2.51. The van der Waals surface area contributed by atoms with E-state index in [0.29, 0.717) is 12.6 Å². The zero-order valence-electron chi connectivity index (χ0n) is 13.3. The molecule has 118 valence electrons. The number of nitrogens with zero attached hydrogens (tertiary/aromatic N) is 1. The molecule has 1 unspecified atom stereocenters. The molecule has 0 aromatic heterocycles. The molecule has 0 aliphatic carbocycles. The van der Waals surface area contributed by atoms with Gasteiger partial charge in [0.2, 0.25) is 0 Å². The third-order valence-corrected chi connectivity index (χ3v) is 4.31. The van der Waals surface area contributed by atoms with E-state index >= 15 is 0 Å². The van der Waals surface area contributed by atoms with Crippen LogP contribution in [0.15, 0.2) is 18.2 Å². The maximum absolute atomic E-state index is 6.00. The molecule has 1 atom stereocenters. The van der Waals surface area contributed by atoms with Gasteiger partial charge in [-0.25, -0.2) is 0 Å². The van der Waals surface area contributed by atoms with Crippen LogP contribution in [0.25, 0.3) is 0 Å². The van der Waals surface area contributed by atoms with Gasteiger partial charge in [0.05, 0.1) is 13.7 Å². The van der Waals surface area contributed by atoms with E-state index in [1.807, 2.05) is 18.2 Å². The minimum atomic E-state index is 0.620. The molecule has 2 rings (SSSR count). The first-order chi connectivity index (χ1) is 10.2. The lowest BCUT2D eigenvalue weighted by molar-refractivity contribution is 0.153. The summed E-state index contributed by atoms with van der Waals surface area (Å²) in [6.07, 6.45) is 5.86. The highest BCUT2D eigenvalue weighted by atomic mass is 16.5. The maximum Gasteiger partial charge on any atom is 0.122 e. The summed E-state index contributed by atoms with van der Waals surface area (Å²) in [6, 6.07) is 6.63. The van der Waals surface area contributed by atoms with Crippen LogP contribution in [-0.2, 0) is 6.42 Å². The summed E-state index contributed by atoms with van der Waals surface area (Å²) in [7, 11) is 3.90. The third kappa shape index (κ3) is 4.61. The number of benzene rings is 1. The Balaban J connectivity index is 1.89. The normalized spacial score (nSPS) is 19.5. The minimum Gasteiger partial charge on any atom is -0.497 e. The Hall–Kier alpha value is -1.26. The molecule has 4 nitrogen and oxygen atoms in total. The molecule has 1 aromatic carbocycles. The van der Waals surface area contributed by atoms with Crippen molar-refractivity contribution in [3.63, 3.8) is 0 Å².